The number of ether oxygens (including phenoxy) is 2. The number of hydrogen-bond acceptors (Lipinski definition) is 5. The second kappa shape index (κ2) is 8.49. The van der Waals surface area contributed by atoms with Crippen molar-refractivity contribution in [2.45, 2.75) is 25.4 Å². The standard InChI is InChI=1S/C20H31N3O2/c1-2-17(14-22-8-10-24-11-9-22)12-20(3-1)25-16-18-4-5-19-13-21-6-7-23(19)15-18/h1-3,12,18-19,21H,4-11,13-16H2/t18-,19-/m0/s1. The average molecular weight is 345 g/mol. The fourth-order valence-electron chi connectivity index (χ4n) is 4.28. The summed E-state index contributed by atoms with van der Waals surface area (Å²) in [5.41, 5.74) is 1.34. The van der Waals surface area contributed by atoms with Crippen molar-refractivity contribution in [3.63, 3.8) is 0 Å². The molecule has 1 N–H and O–H groups in total. The molecule has 0 bridgehead atoms. The summed E-state index contributed by atoms with van der Waals surface area (Å²) in [7, 11) is 0. The van der Waals surface area contributed by atoms with Gasteiger partial charge in [0.25, 0.3) is 0 Å². The highest BCUT2D eigenvalue weighted by Crippen LogP contribution is 2.24. The molecular weight excluding hydrogens is 314 g/mol. The van der Waals surface area contributed by atoms with E-state index in [2.05, 4.69) is 39.4 Å². The Bertz CT molecular complexity index is 547. The fourth-order valence-corrected chi connectivity index (χ4v) is 4.28. The topological polar surface area (TPSA) is 37.0 Å². The Kier molecular flexibility index (Phi) is 5.87. The second-order valence-electron chi connectivity index (χ2n) is 7.64. The van der Waals surface area contributed by atoms with Crippen LogP contribution in [0.5, 0.6) is 5.75 Å². The summed E-state index contributed by atoms with van der Waals surface area (Å²) in [6.07, 6.45) is 2.59. The predicted octanol–water partition coefficient (Wildman–Crippen LogP) is 1.58. The number of nitrogens with one attached hydrogen (secondary N) is 1. The third-order valence-corrected chi connectivity index (χ3v) is 5.77. The molecule has 3 aliphatic heterocycles. The van der Waals surface area contributed by atoms with E-state index in [4.69, 9.17) is 9.47 Å². The summed E-state index contributed by atoms with van der Waals surface area (Å²) in [4.78, 5) is 5.11. The summed E-state index contributed by atoms with van der Waals surface area (Å²) in [6.45, 7) is 10.3. The van der Waals surface area contributed by atoms with Gasteiger partial charge in [0.2, 0.25) is 0 Å². The lowest BCUT2D eigenvalue weighted by Crippen LogP contribution is -2.55. The van der Waals surface area contributed by atoms with E-state index in [0.29, 0.717) is 5.92 Å². The molecular formula is C20H31N3O2. The molecule has 4 rings (SSSR count). The molecule has 0 aliphatic carbocycles. The van der Waals surface area contributed by atoms with Gasteiger partial charge in [0.05, 0.1) is 19.8 Å². The van der Waals surface area contributed by atoms with Crippen LogP contribution in [-0.4, -0.2) is 74.9 Å². The maximum atomic E-state index is 6.17. The first-order valence-corrected chi connectivity index (χ1v) is 9.83. The Morgan fingerprint density at radius 1 is 1.16 bits per heavy atom. The minimum Gasteiger partial charge on any atom is -0.493 e. The van der Waals surface area contributed by atoms with Crippen LogP contribution in [0, 0.1) is 5.92 Å². The van der Waals surface area contributed by atoms with Crippen LogP contribution in [-0.2, 0) is 11.3 Å². The molecule has 3 heterocycles. The maximum Gasteiger partial charge on any atom is 0.119 e. The van der Waals surface area contributed by atoms with Crippen molar-refractivity contribution in [3.05, 3.63) is 29.8 Å². The maximum absolute atomic E-state index is 6.17. The smallest absolute Gasteiger partial charge is 0.119 e. The van der Waals surface area contributed by atoms with Crippen LogP contribution >= 0.6 is 0 Å². The van der Waals surface area contributed by atoms with Crippen LogP contribution in [0.25, 0.3) is 0 Å². The van der Waals surface area contributed by atoms with Gasteiger partial charge in [-0.1, -0.05) is 12.1 Å². The van der Waals surface area contributed by atoms with E-state index >= 15 is 0 Å². The predicted molar refractivity (Wildman–Crippen MR) is 99.0 cm³/mol. The number of morpholine rings is 1. The highest BCUT2D eigenvalue weighted by Gasteiger charge is 2.30. The van der Waals surface area contributed by atoms with Crippen LogP contribution in [0.3, 0.4) is 0 Å². The van der Waals surface area contributed by atoms with Crippen molar-refractivity contribution < 1.29 is 9.47 Å². The molecule has 5 heteroatoms. The molecule has 0 spiro atoms. The highest BCUT2D eigenvalue weighted by molar-refractivity contribution is 5.28. The van der Waals surface area contributed by atoms with Crippen LogP contribution in [0.15, 0.2) is 24.3 Å². The van der Waals surface area contributed by atoms with Crippen LogP contribution in [0.4, 0.5) is 0 Å². The zero-order valence-electron chi connectivity index (χ0n) is 15.2. The lowest BCUT2D eigenvalue weighted by atomic mass is 9.92. The monoisotopic (exact) mass is 345 g/mol. The number of nitrogens with zero attached hydrogens (tertiary/aromatic N) is 2. The third kappa shape index (κ3) is 4.73. The molecule has 2 atom stereocenters. The van der Waals surface area contributed by atoms with E-state index in [1.807, 2.05) is 0 Å². The molecule has 0 aromatic heterocycles. The summed E-state index contributed by atoms with van der Waals surface area (Å²) >= 11 is 0. The summed E-state index contributed by atoms with van der Waals surface area (Å²) in [5, 5.41) is 3.51. The van der Waals surface area contributed by atoms with Crippen molar-refractivity contribution in [2.24, 2.45) is 5.92 Å². The molecule has 0 amide bonds. The Hall–Kier alpha value is -1.14. The number of piperidine rings is 1. The fraction of sp³-hybridized carbons (Fsp3) is 0.700. The number of hydrogen-bond donors (Lipinski definition) is 1. The first-order valence-electron chi connectivity index (χ1n) is 9.83. The van der Waals surface area contributed by atoms with Crippen LogP contribution in [0.1, 0.15) is 18.4 Å². The average Bonchev–Trinajstić information content (AvgIpc) is 2.67. The Balaban J connectivity index is 1.27. The van der Waals surface area contributed by atoms with Crippen molar-refractivity contribution in [1.82, 2.24) is 15.1 Å². The van der Waals surface area contributed by atoms with E-state index in [0.717, 1.165) is 64.3 Å². The minimum atomic E-state index is 0.664. The van der Waals surface area contributed by atoms with Gasteiger partial charge in [0.15, 0.2) is 0 Å². The molecule has 3 aliphatic rings. The van der Waals surface area contributed by atoms with Crippen molar-refractivity contribution in [1.29, 1.82) is 0 Å². The zero-order chi connectivity index (χ0) is 16.9. The van der Waals surface area contributed by atoms with Crippen LogP contribution in [0.2, 0.25) is 0 Å². The number of rotatable bonds is 5. The Morgan fingerprint density at radius 2 is 2.08 bits per heavy atom. The van der Waals surface area contributed by atoms with Gasteiger partial charge in [-0.05, 0) is 30.5 Å². The summed E-state index contributed by atoms with van der Waals surface area (Å²) in [6, 6.07) is 9.39. The van der Waals surface area contributed by atoms with Crippen molar-refractivity contribution >= 4 is 0 Å². The van der Waals surface area contributed by atoms with Gasteiger partial charge in [0, 0.05) is 57.8 Å². The van der Waals surface area contributed by atoms with Crippen molar-refractivity contribution in [3.8, 4) is 5.75 Å². The summed E-state index contributed by atoms with van der Waals surface area (Å²) < 4.78 is 11.6. The summed E-state index contributed by atoms with van der Waals surface area (Å²) in [5.74, 6) is 1.69. The minimum absolute atomic E-state index is 0.664. The second-order valence-corrected chi connectivity index (χ2v) is 7.64. The number of benzene rings is 1. The Morgan fingerprint density at radius 3 is 3.00 bits per heavy atom. The normalized spacial score (nSPS) is 28.5. The van der Waals surface area contributed by atoms with Crippen molar-refractivity contribution in [2.75, 3.05) is 59.1 Å². The molecule has 3 fully saturated rings. The van der Waals surface area contributed by atoms with Gasteiger partial charge in [-0.25, -0.2) is 0 Å². The first-order chi connectivity index (χ1) is 12.4. The highest BCUT2D eigenvalue weighted by atomic mass is 16.5. The number of fused-ring (bicyclic) bond motifs is 1. The third-order valence-electron chi connectivity index (χ3n) is 5.77. The van der Waals surface area contributed by atoms with E-state index in [1.165, 1.54) is 31.5 Å². The largest absolute Gasteiger partial charge is 0.493 e. The van der Waals surface area contributed by atoms with E-state index in [9.17, 15) is 0 Å². The van der Waals surface area contributed by atoms with E-state index < -0.39 is 0 Å². The van der Waals surface area contributed by atoms with Gasteiger partial charge in [-0.15, -0.1) is 0 Å². The molecule has 0 unspecified atom stereocenters. The molecule has 0 radical (unpaired) electrons. The molecule has 5 nitrogen and oxygen atoms in total. The molecule has 0 saturated carbocycles. The van der Waals surface area contributed by atoms with Gasteiger partial charge in [0.1, 0.15) is 5.75 Å². The molecule has 138 valence electrons. The zero-order valence-corrected chi connectivity index (χ0v) is 15.2. The molecule has 3 saturated heterocycles. The molecule has 1 aromatic carbocycles. The lowest BCUT2D eigenvalue weighted by Gasteiger charge is -2.42. The van der Waals surface area contributed by atoms with Gasteiger partial charge >= 0.3 is 0 Å². The lowest BCUT2D eigenvalue weighted by molar-refractivity contribution is 0.0341. The molecule has 1 aromatic rings. The SMILES string of the molecule is c1cc(CN2CCOCC2)cc(OC[C@H]2CC[C@H]3CNCCN3C2)c1. The van der Waals surface area contributed by atoms with Gasteiger partial charge < -0.3 is 14.8 Å². The van der Waals surface area contributed by atoms with E-state index in [-0.39, 0.29) is 0 Å². The molecule has 25 heavy (non-hydrogen) atoms. The number of piperazine rings is 1. The van der Waals surface area contributed by atoms with Crippen LogP contribution < -0.4 is 10.1 Å². The quantitative estimate of drug-likeness (QED) is 0.877. The van der Waals surface area contributed by atoms with Gasteiger partial charge in [-0.2, -0.15) is 0 Å². The first kappa shape index (κ1) is 17.3. The van der Waals surface area contributed by atoms with E-state index in [1.54, 1.807) is 0 Å². The van der Waals surface area contributed by atoms with Gasteiger partial charge in [-0.3, -0.25) is 9.80 Å². The Labute approximate surface area is 151 Å².